The van der Waals surface area contributed by atoms with Gasteiger partial charge in [0.2, 0.25) is 0 Å². The van der Waals surface area contributed by atoms with E-state index >= 15 is 0 Å². The second kappa shape index (κ2) is 1.94. The van der Waals surface area contributed by atoms with Gasteiger partial charge in [-0.3, -0.25) is 4.99 Å². The molecule has 1 heteroatoms. The lowest BCUT2D eigenvalue weighted by molar-refractivity contribution is 1.23. The van der Waals surface area contributed by atoms with Gasteiger partial charge in [0.1, 0.15) is 0 Å². The summed E-state index contributed by atoms with van der Waals surface area (Å²) < 4.78 is 0. The van der Waals surface area contributed by atoms with E-state index in [1.54, 1.807) is 0 Å². The zero-order valence-electron chi connectivity index (χ0n) is 5.96. The standard InChI is InChI=1S/C9H9N/c1-7-6-10-9-5-3-2-4-8(7)9/h2,4-6H,3H2,1H3. The molecule has 0 fully saturated rings. The lowest BCUT2D eigenvalue weighted by Gasteiger charge is -2.02. The molecule has 0 radical (unpaired) electrons. The van der Waals surface area contributed by atoms with E-state index in [1.807, 2.05) is 6.21 Å². The van der Waals surface area contributed by atoms with Gasteiger partial charge >= 0.3 is 0 Å². The molecular formula is C9H9N. The van der Waals surface area contributed by atoms with E-state index in [0.29, 0.717) is 0 Å². The maximum Gasteiger partial charge on any atom is 0.0668 e. The summed E-state index contributed by atoms with van der Waals surface area (Å²) in [5, 5.41) is 0. The third kappa shape index (κ3) is 0.670. The van der Waals surface area contributed by atoms with Gasteiger partial charge in [-0.25, -0.2) is 0 Å². The van der Waals surface area contributed by atoms with Gasteiger partial charge in [-0.2, -0.15) is 0 Å². The molecule has 0 spiro atoms. The van der Waals surface area contributed by atoms with Crippen molar-refractivity contribution in [1.82, 2.24) is 0 Å². The van der Waals surface area contributed by atoms with Crippen molar-refractivity contribution in [3.63, 3.8) is 0 Å². The van der Waals surface area contributed by atoms with Crippen LogP contribution in [0, 0.1) is 0 Å². The van der Waals surface area contributed by atoms with Crippen molar-refractivity contribution >= 4 is 6.21 Å². The number of allylic oxidation sites excluding steroid dienone is 4. The first-order chi connectivity index (χ1) is 4.88. The molecule has 0 amide bonds. The molecule has 1 heterocycles. The van der Waals surface area contributed by atoms with Crippen LogP contribution in [-0.4, -0.2) is 6.21 Å². The van der Waals surface area contributed by atoms with Gasteiger partial charge in [0.15, 0.2) is 0 Å². The molecule has 0 N–H and O–H groups in total. The van der Waals surface area contributed by atoms with Crippen LogP contribution in [0.4, 0.5) is 0 Å². The Morgan fingerprint density at radius 3 is 3.20 bits per heavy atom. The van der Waals surface area contributed by atoms with Crippen LogP contribution in [-0.2, 0) is 0 Å². The van der Waals surface area contributed by atoms with E-state index < -0.39 is 0 Å². The molecule has 1 aliphatic heterocycles. The van der Waals surface area contributed by atoms with Gasteiger partial charge in [0.05, 0.1) is 5.70 Å². The van der Waals surface area contributed by atoms with Crippen LogP contribution < -0.4 is 0 Å². The molecule has 0 saturated heterocycles. The fourth-order valence-corrected chi connectivity index (χ4v) is 1.25. The largest absolute Gasteiger partial charge is 0.256 e. The Hall–Kier alpha value is -1.11. The Morgan fingerprint density at radius 1 is 1.50 bits per heavy atom. The summed E-state index contributed by atoms with van der Waals surface area (Å²) in [5.41, 5.74) is 3.73. The van der Waals surface area contributed by atoms with Gasteiger partial charge in [-0.1, -0.05) is 18.2 Å². The molecule has 0 aromatic carbocycles. The van der Waals surface area contributed by atoms with Gasteiger partial charge in [-0.05, 0) is 18.9 Å². The Balaban J connectivity index is 2.52. The molecular weight excluding hydrogens is 122 g/mol. The van der Waals surface area contributed by atoms with E-state index in [1.165, 1.54) is 11.1 Å². The van der Waals surface area contributed by atoms with Crippen LogP contribution in [0.2, 0.25) is 0 Å². The maximum absolute atomic E-state index is 4.25. The molecule has 2 aliphatic rings. The number of fused-ring (bicyclic) bond motifs is 1. The molecule has 0 aromatic rings. The predicted octanol–water partition coefficient (Wildman–Crippen LogP) is 2.23. The molecule has 0 aromatic heterocycles. The zero-order valence-corrected chi connectivity index (χ0v) is 5.96. The minimum Gasteiger partial charge on any atom is -0.256 e. The third-order valence-corrected chi connectivity index (χ3v) is 1.83. The van der Waals surface area contributed by atoms with Gasteiger partial charge in [0.25, 0.3) is 0 Å². The summed E-state index contributed by atoms with van der Waals surface area (Å²) in [5.74, 6) is 0. The van der Waals surface area contributed by atoms with Crippen molar-refractivity contribution in [3.8, 4) is 0 Å². The van der Waals surface area contributed by atoms with Gasteiger partial charge < -0.3 is 0 Å². The fraction of sp³-hybridized carbons (Fsp3) is 0.222. The predicted molar refractivity (Wildman–Crippen MR) is 43.0 cm³/mol. The highest BCUT2D eigenvalue weighted by Crippen LogP contribution is 2.25. The average Bonchev–Trinajstić information content (AvgIpc) is 2.34. The molecule has 0 atom stereocenters. The number of nitrogens with zero attached hydrogens (tertiary/aromatic N) is 1. The van der Waals surface area contributed by atoms with Crippen molar-refractivity contribution in [3.05, 3.63) is 35.1 Å². The second-order valence-electron chi connectivity index (χ2n) is 2.58. The van der Waals surface area contributed by atoms with E-state index in [0.717, 1.165) is 12.1 Å². The number of hydrogen-bond acceptors (Lipinski definition) is 1. The molecule has 1 aliphatic carbocycles. The van der Waals surface area contributed by atoms with Crippen LogP contribution in [0.5, 0.6) is 0 Å². The highest BCUT2D eigenvalue weighted by atomic mass is 14.8. The highest BCUT2D eigenvalue weighted by Gasteiger charge is 2.10. The molecule has 50 valence electrons. The van der Waals surface area contributed by atoms with Crippen molar-refractivity contribution in [2.45, 2.75) is 13.3 Å². The molecule has 0 bridgehead atoms. The molecule has 2 rings (SSSR count). The Bertz CT molecular complexity index is 277. The number of rotatable bonds is 0. The van der Waals surface area contributed by atoms with Crippen LogP contribution in [0.15, 0.2) is 40.1 Å². The first-order valence-electron chi connectivity index (χ1n) is 3.50. The lowest BCUT2D eigenvalue weighted by atomic mass is 10.0. The van der Waals surface area contributed by atoms with Gasteiger partial charge in [-0.15, -0.1) is 0 Å². The first kappa shape index (κ1) is 5.66. The monoisotopic (exact) mass is 131 g/mol. The van der Waals surface area contributed by atoms with Crippen molar-refractivity contribution in [2.75, 3.05) is 0 Å². The van der Waals surface area contributed by atoms with E-state index in [9.17, 15) is 0 Å². The molecule has 10 heavy (non-hydrogen) atoms. The lowest BCUT2D eigenvalue weighted by Crippen LogP contribution is -1.85. The quantitative estimate of drug-likeness (QED) is 0.478. The second-order valence-corrected chi connectivity index (χ2v) is 2.58. The van der Waals surface area contributed by atoms with E-state index in [-0.39, 0.29) is 0 Å². The summed E-state index contributed by atoms with van der Waals surface area (Å²) in [6.07, 6.45) is 9.43. The summed E-state index contributed by atoms with van der Waals surface area (Å²) in [6.45, 7) is 2.09. The Labute approximate surface area is 60.5 Å². The van der Waals surface area contributed by atoms with Crippen LogP contribution in [0.25, 0.3) is 0 Å². The summed E-state index contributed by atoms with van der Waals surface area (Å²) in [6, 6.07) is 0. The summed E-state index contributed by atoms with van der Waals surface area (Å²) in [7, 11) is 0. The average molecular weight is 131 g/mol. The van der Waals surface area contributed by atoms with Crippen molar-refractivity contribution in [1.29, 1.82) is 0 Å². The van der Waals surface area contributed by atoms with Crippen molar-refractivity contribution < 1.29 is 0 Å². The molecule has 0 saturated carbocycles. The van der Waals surface area contributed by atoms with E-state index in [4.69, 9.17) is 0 Å². The maximum atomic E-state index is 4.25. The normalized spacial score (nSPS) is 21.5. The topological polar surface area (TPSA) is 12.4 Å². The van der Waals surface area contributed by atoms with Crippen LogP contribution in [0.1, 0.15) is 13.3 Å². The minimum absolute atomic E-state index is 1.03. The highest BCUT2D eigenvalue weighted by molar-refractivity contribution is 5.87. The van der Waals surface area contributed by atoms with Crippen molar-refractivity contribution in [2.24, 2.45) is 4.99 Å². The van der Waals surface area contributed by atoms with Crippen LogP contribution >= 0.6 is 0 Å². The fourth-order valence-electron chi connectivity index (χ4n) is 1.25. The first-order valence-corrected chi connectivity index (χ1v) is 3.50. The summed E-state index contributed by atoms with van der Waals surface area (Å²) >= 11 is 0. The minimum atomic E-state index is 1.03. The third-order valence-electron chi connectivity index (χ3n) is 1.83. The smallest absolute Gasteiger partial charge is 0.0668 e. The van der Waals surface area contributed by atoms with Crippen LogP contribution in [0.3, 0.4) is 0 Å². The Morgan fingerprint density at radius 2 is 2.40 bits per heavy atom. The number of aliphatic imine (C=N–C) groups is 1. The van der Waals surface area contributed by atoms with E-state index in [2.05, 4.69) is 30.1 Å². The zero-order chi connectivity index (χ0) is 6.97. The van der Waals surface area contributed by atoms with Gasteiger partial charge in [0, 0.05) is 11.8 Å². The SMILES string of the molecule is CC1=C2C=CCC=C2N=C1. The summed E-state index contributed by atoms with van der Waals surface area (Å²) in [4.78, 5) is 4.25. The molecule has 1 nitrogen and oxygen atoms in total. The molecule has 0 unspecified atom stereocenters. The Kier molecular flexibility index (Phi) is 1.10. The number of hydrogen-bond donors (Lipinski definition) is 0.